The summed E-state index contributed by atoms with van der Waals surface area (Å²) in [6, 6.07) is 15.2. The highest BCUT2D eigenvalue weighted by Gasteiger charge is 2.35. The molecule has 3 heterocycles. The molecule has 0 N–H and O–H groups in total. The summed E-state index contributed by atoms with van der Waals surface area (Å²) < 4.78 is 16.8. The van der Waals surface area contributed by atoms with E-state index in [1.54, 1.807) is 43.2 Å². The lowest BCUT2D eigenvalue weighted by atomic mass is 10.1. The Morgan fingerprint density at radius 1 is 0.917 bits per heavy atom. The molecular weight excluding hydrogens is 462 g/mol. The number of piperazine rings is 1. The predicted molar refractivity (Wildman–Crippen MR) is 131 cm³/mol. The highest BCUT2D eigenvalue weighted by Crippen LogP contribution is 2.24. The van der Waals surface area contributed by atoms with Crippen molar-refractivity contribution in [2.75, 3.05) is 46.4 Å². The average molecular weight is 492 g/mol. The molecule has 5 rings (SSSR count). The third kappa shape index (κ3) is 5.33. The van der Waals surface area contributed by atoms with Crippen molar-refractivity contribution < 1.29 is 23.5 Å². The first kappa shape index (κ1) is 23.8. The molecule has 0 unspecified atom stereocenters. The fraction of sp³-hybridized carbons (Fsp3) is 0.385. The molecule has 2 aromatic carbocycles. The number of hydrogen-bond donors (Lipinski definition) is 0. The van der Waals surface area contributed by atoms with Crippen molar-refractivity contribution in [3.05, 3.63) is 60.0 Å². The molecule has 188 valence electrons. The van der Waals surface area contributed by atoms with E-state index in [0.717, 1.165) is 44.2 Å². The number of carbonyl (C=O) groups excluding carboxylic acids is 2. The van der Waals surface area contributed by atoms with Crippen LogP contribution in [0, 0.1) is 0 Å². The van der Waals surface area contributed by atoms with E-state index in [1.807, 2.05) is 17.0 Å². The topological polar surface area (TPSA) is 101 Å². The maximum Gasteiger partial charge on any atom is 0.311 e. The summed E-state index contributed by atoms with van der Waals surface area (Å²) in [6.45, 7) is 6.70. The van der Waals surface area contributed by atoms with E-state index >= 15 is 0 Å². The highest BCUT2D eigenvalue weighted by molar-refractivity contribution is 5.90. The zero-order valence-corrected chi connectivity index (χ0v) is 20.4. The Morgan fingerprint density at radius 3 is 2.22 bits per heavy atom. The zero-order valence-electron chi connectivity index (χ0n) is 20.4. The van der Waals surface area contributed by atoms with Gasteiger partial charge in [0.05, 0.1) is 20.2 Å². The van der Waals surface area contributed by atoms with Crippen molar-refractivity contribution in [1.82, 2.24) is 24.9 Å². The van der Waals surface area contributed by atoms with Crippen molar-refractivity contribution >= 4 is 11.8 Å². The molecule has 3 aromatic rings. The standard InChI is InChI=1S/C26H29N5O5/c1-18(32)30-13-11-29(12-14-30)15-19-3-7-22(8-4-19)35-23-16-31(17-23)26(33)25-28-27-24(36-25)20-5-9-21(34-2)10-6-20/h3-10,23H,11-17H2,1-2H3. The van der Waals surface area contributed by atoms with Crippen molar-refractivity contribution in [2.24, 2.45) is 0 Å². The molecule has 36 heavy (non-hydrogen) atoms. The number of hydrogen-bond acceptors (Lipinski definition) is 8. The number of benzene rings is 2. The second kappa shape index (κ2) is 10.4. The molecule has 0 bridgehead atoms. The first-order valence-electron chi connectivity index (χ1n) is 12.0. The summed E-state index contributed by atoms with van der Waals surface area (Å²) in [4.78, 5) is 30.0. The molecule has 0 saturated carbocycles. The van der Waals surface area contributed by atoms with Gasteiger partial charge in [-0.3, -0.25) is 14.5 Å². The van der Waals surface area contributed by atoms with E-state index < -0.39 is 0 Å². The number of carbonyl (C=O) groups is 2. The van der Waals surface area contributed by atoms with Crippen LogP contribution in [-0.4, -0.2) is 89.2 Å². The molecule has 0 aliphatic carbocycles. The van der Waals surface area contributed by atoms with E-state index in [1.165, 1.54) is 5.56 Å². The van der Waals surface area contributed by atoms with Gasteiger partial charge in [0.25, 0.3) is 0 Å². The maximum absolute atomic E-state index is 12.7. The van der Waals surface area contributed by atoms with Crippen LogP contribution >= 0.6 is 0 Å². The molecular formula is C26H29N5O5. The van der Waals surface area contributed by atoms with Gasteiger partial charge in [-0.25, -0.2) is 0 Å². The summed E-state index contributed by atoms with van der Waals surface area (Å²) >= 11 is 0. The van der Waals surface area contributed by atoms with Crippen molar-refractivity contribution in [2.45, 2.75) is 19.6 Å². The first-order chi connectivity index (χ1) is 17.5. The summed E-state index contributed by atoms with van der Waals surface area (Å²) in [6.07, 6.45) is -0.0801. The lowest BCUT2D eigenvalue weighted by molar-refractivity contribution is -0.130. The van der Waals surface area contributed by atoms with Crippen molar-refractivity contribution in [3.63, 3.8) is 0 Å². The molecule has 0 atom stereocenters. The number of nitrogens with zero attached hydrogens (tertiary/aromatic N) is 5. The number of ether oxygens (including phenoxy) is 2. The number of aromatic nitrogens is 2. The third-order valence-corrected chi connectivity index (χ3v) is 6.53. The van der Waals surface area contributed by atoms with Gasteiger partial charge in [0.2, 0.25) is 11.8 Å². The minimum Gasteiger partial charge on any atom is -0.497 e. The van der Waals surface area contributed by atoms with Gasteiger partial charge in [0, 0.05) is 45.2 Å². The Hall–Kier alpha value is -3.92. The first-order valence-corrected chi connectivity index (χ1v) is 12.0. The second-order valence-electron chi connectivity index (χ2n) is 9.02. The number of likely N-dealkylation sites (tertiary alicyclic amines) is 1. The van der Waals surface area contributed by atoms with Gasteiger partial charge in [0.1, 0.15) is 17.6 Å². The fourth-order valence-electron chi connectivity index (χ4n) is 4.32. The van der Waals surface area contributed by atoms with Crippen LogP contribution in [-0.2, 0) is 11.3 Å². The molecule has 0 radical (unpaired) electrons. The van der Waals surface area contributed by atoms with Crippen molar-refractivity contribution in [1.29, 1.82) is 0 Å². The quantitative estimate of drug-likeness (QED) is 0.496. The van der Waals surface area contributed by atoms with Gasteiger partial charge in [0.15, 0.2) is 0 Å². The smallest absolute Gasteiger partial charge is 0.311 e. The highest BCUT2D eigenvalue weighted by atomic mass is 16.5. The second-order valence-corrected chi connectivity index (χ2v) is 9.02. The Kier molecular flexibility index (Phi) is 6.86. The van der Waals surface area contributed by atoms with Crippen LogP contribution in [0.2, 0.25) is 0 Å². The molecule has 10 heteroatoms. The van der Waals surface area contributed by atoms with Crippen LogP contribution in [0.5, 0.6) is 11.5 Å². The number of rotatable bonds is 7. The lowest BCUT2D eigenvalue weighted by Gasteiger charge is -2.38. The van der Waals surface area contributed by atoms with E-state index in [2.05, 4.69) is 27.2 Å². The molecule has 0 spiro atoms. The Bertz CT molecular complexity index is 1200. The summed E-state index contributed by atoms with van der Waals surface area (Å²) in [5, 5.41) is 7.91. The van der Waals surface area contributed by atoms with Crippen molar-refractivity contribution in [3.8, 4) is 23.0 Å². The maximum atomic E-state index is 12.7. The van der Waals surface area contributed by atoms with Crippen LogP contribution in [0.1, 0.15) is 23.2 Å². The Morgan fingerprint density at radius 2 is 1.58 bits per heavy atom. The largest absolute Gasteiger partial charge is 0.497 e. The lowest BCUT2D eigenvalue weighted by Crippen LogP contribution is -2.56. The van der Waals surface area contributed by atoms with Gasteiger partial charge >= 0.3 is 11.8 Å². The van der Waals surface area contributed by atoms with E-state index in [9.17, 15) is 9.59 Å². The van der Waals surface area contributed by atoms with E-state index in [-0.39, 0.29) is 29.7 Å². The molecule has 2 amide bonds. The van der Waals surface area contributed by atoms with Crippen LogP contribution < -0.4 is 9.47 Å². The average Bonchev–Trinajstić information content (AvgIpc) is 3.37. The minimum atomic E-state index is -0.303. The molecule has 2 fully saturated rings. The number of methoxy groups -OCH3 is 1. The summed E-state index contributed by atoms with van der Waals surface area (Å²) in [5.41, 5.74) is 1.92. The minimum absolute atomic E-state index is 0.0345. The van der Waals surface area contributed by atoms with Gasteiger partial charge in [-0.1, -0.05) is 12.1 Å². The molecule has 1 aromatic heterocycles. The molecule has 2 aliphatic heterocycles. The SMILES string of the molecule is COc1ccc(-c2nnc(C(=O)N3CC(Oc4ccc(CN5CCN(C(C)=O)CC5)cc4)C3)o2)cc1. The van der Waals surface area contributed by atoms with E-state index in [4.69, 9.17) is 13.9 Å². The monoisotopic (exact) mass is 491 g/mol. The predicted octanol–water partition coefficient (Wildman–Crippen LogP) is 2.31. The Balaban J connectivity index is 1.08. The van der Waals surface area contributed by atoms with Gasteiger partial charge < -0.3 is 23.7 Å². The van der Waals surface area contributed by atoms with E-state index in [0.29, 0.717) is 18.7 Å². The molecule has 2 aliphatic rings. The number of amides is 2. The van der Waals surface area contributed by atoms with Crippen LogP contribution in [0.4, 0.5) is 0 Å². The van der Waals surface area contributed by atoms with Gasteiger partial charge in [-0.2, -0.15) is 0 Å². The summed E-state index contributed by atoms with van der Waals surface area (Å²) in [7, 11) is 1.60. The normalized spacial score (nSPS) is 16.5. The molecule has 10 nitrogen and oxygen atoms in total. The van der Waals surface area contributed by atoms with Crippen LogP contribution in [0.25, 0.3) is 11.5 Å². The van der Waals surface area contributed by atoms with Gasteiger partial charge in [-0.05, 0) is 42.0 Å². The van der Waals surface area contributed by atoms with Crippen LogP contribution in [0.15, 0.2) is 52.9 Å². The Labute approximate surface area is 209 Å². The summed E-state index contributed by atoms with van der Waals surface area (Å²) in [5.74, 6) is 1.59. The third-order valence-electron chi connectivity index (χ3n) is 6.53. The molecule has 2 saturated heterocycles. The van der Waals surface area contributed by atoms with Gasteiger partial charge in [-0.15, -0.1) is 10.2 Å². The fourth-order valence-corrected chi connectivity index (χ4v) is 4.32. The van der Waals surface area contributed by atoms with Crippen LogP contribution in [0.3, 0.4) is 0 Å². The zero-order chi connectivity index (χ0) is 25.1.